The van der Waals surface area contributed by atoms with Crippen LogP contribution < -0.4 is 10.6 Å². The molecule has 1 aliphatic heterocycles. The van der Waals surface area contributed by atoms with E-state index in [4.69, 9.17) is 11.6 Å². The van der Waals surface area contributed by atoms with Crippen LogP contribution in [0.2, 0.25) is 5.02 Å². The molecule has 2 atom stereocenters. The lowest BCUT2D eigenvalue weighted by atomic mass is 9.93. The number of alkyl halides is 6. The molecule has 1 aliphatic rings. The van der Waals surface area contributed by atoms with E-state index in [1.165, 1.54) is 0 Å². The number of benzene rings is 3. The van der Waals surface area contributed by atoms with E-state index >= 15 is 0 Å². The van der Waals surface area contributed by atoms with Crippen molar-refractivity contribution in [1.29, 1.82) is 0 Å². The lowest BCUT2D eigenvalue weighted by molar-refractivity contribution is -0.208. The van der Waals surface area contributed by atoms with Crippen LogP contribution in [0, 0.1) is 11.6 Å². The van der Waals surface area contributed by atoms with Gasteiger partial charge in [-0.3, -0.25) is 14.3 Å². The van der Waals surface area contributed by atoms with Crippen LogP contribution in [0.3, 0.4) is 0 Å². The number of aliphatic hydroxyl groups excluding tert-OH is 1. The first-order valence-electron chi connectivity index (χ1n) is 11.7. The van der Waals surface area contributed by atoms with Gasteiger partial charge in [0.25, 0.3) is 11.8 Å². The van der Waals surface area contributed by atoms with E-state index in [0.717, 1.165) is 31.3 Å². The van der Waals surface area contributed by atoms with Gasteiger partial charge in [0.05, 0.1) is 22.9 Å². The maximum atomic E-state index is 14.2. The van der Waals surface area contributed by atoms with Gasteiger partial charge in [0.1, 0.15) is 17.2 Å². The van der Waals surface area contributed by atoms with Crippen LogP contribution >= 0.6 is 11.6 Å². The zero-order chi connectivity index (χ0) is 30.9. The minimum Gasteiger partial charge on any atom is -0.378 e. The molecule has 0 fully saturated rings. The second-order valence-electron chi connectivity index (χ2n) is 9.31. The van der Waals surface area contributed by atoms with Gasteiger partial charge >= 0.3 is 12.4 Å². The molecular weight excluding hydrogens is 604 g/mol. The maximum Gasteiger partial charge on any atom is 0.420 e. The van der Waals surface area contributed by atoms with Gasteiger partial charge in [0, 0.05) is 39.8 Å². The SMILES string of the molecule is Cn1nc2c3c(c(NC(=O)c4cc(F)cc(C(F)(F)F)c4)cc2c1[C@@H](O)C(F)(F)F)[C@H](c1cc(F)ccc1Cl)NC3=O. The van der Waals surface area contributed by atoms with Crippen molar-refractivity contribution >= 4 is 40.0 Å². The molecule has 1 aromatic heterocycles. The Morgan fingerprint density at radius 3 is 2.40 bits per heavy atom. The third-order valence-corrected chi connectivity index (χ3v) is 6.92. The van der Waals surface area contributed by atoms with Crippen LogP contribution in [0.25, 0.3) is 10.9 Å². The summed E-state index contributed by atoms with van der Waals surface area (Å²) in [6, 6.07) is 3.75. The van der Waals surface area contributed by atoms with E-state index in [1.54, 1.807) is 0 Å². The molecule has 0 spiro atoms. The van der Waals surface area contributed by atoms with Gasteiger partial charge in [-0.25, -0.2) is 8.78 Å². The first kappa shape index (κ1) is 29.3. The fraction of sp³-hybridized carbons (Fsp3) is 0.192. The van der Waals surface area contributed by atoms with Crippen molar-refractivity contribution < 1.29 is 49.8 Å². The third-order valence-electron chi connectivity index (χ3n) is 6.58. The van der Waals surface area contributed by atoms with Gasteiger partial charge in [-0.1, -0.05) is 11.6 Å². The molecule has 7 nitrogen and oxygen atoms in total. The molecular formula is C26H15ClF8N4O3. The van der Waals surface area contributed by atoms with E-state index in [1.807, 2.05) is 0 Å². The highest BCUT2D eigenvalue weighted by molar-refractivity contribution is 6.31. The predicted octanol–water partition coefficient (Wildman–Crippen LogP) is 6.20. The van der Waals surface area contributed by atoms with Gasteiger partial charge in [-0.05, 0) is 42.5 Å². The monoisotopic (exact) mass is 618 g/mol. The van der Waals surface area contributed by atoms with Crippen molar-refractivity contribution in [1.82, 2.24) is 15.1 Å². The fourth-order valence-corrected chi connectivity index (χ4v) is 5.03. The molecule has 0 saturated heterocycles. The second-order valence-corrected chi connectivity index (χ2v) is 9.72. The summed E-state index contributed by atoms with van der Waals surface area (Å²) in [5, 5.41) is 18.2. The number of nitrogens with one attached hydrogen (secondary N) is 2. The Hall–Kier alpha value is -4.24. The number of amides is 2. The Morgan fingerprint density at radius 1 is 1.07 bits per heavy atom. The Balaban J connectivity index is 1.76. The molecule has 0 radical (unpaired) electrons. The molecule has 4 aromatic rings. The lowest BCUT2D eigenvalue weighted by Crippen LogP contribution is -2.23. The van der Waals surface area contributed by atoms with Gasteiger partial charge < -0.3 is 15.7 Å². The summed E-state index contributed by atoms with van der Waals surface area (Å²) in [5.41, 5.74) is -4.44. The van der Waals surface area contributed by atoms with E-state index in [-0.39, 0.29) is 33.3 Å². The molecule has 220 valence electrons. The van der Waals surface area contributed by atoms with Crippen LogP contribution in [0.5, 0.6) is 0 Å². The molecule has 0 aliphatic carbocycles. The lowest BCUT2D eigenvalue weighted by Gasteiger charge is -2.19. The largest absolute Gasteiger partial charge is 0.420 e. The summed E-state index contributed by atoms with van der Waals surface area (Å²) >= 11 is 6.23. The number of fused-ring (bicyclic) bond motifs is 3. The summed E-state index contributed by atoms with van der Waals surface area (Å²) < 4.78 is 109. The van der Waals surface area contributed by atoms with Crippen molar-refractivity contribution in [3.05, 3.63) is 92.6 Å². The highest BCUT2D eigenvalue weighted by Gasteiger charge is 2.44. The minimum absolute atomic E-state index is 0.0322. The Kier molecular flexibility index (Phi) is 6.93. The first-order valence-corrected chi connectivity index (χ1v) is 12.1. The van der Waals surface area contributed by atoms with Crippen LogP contribution in [-0.4, -0.2) is 32.9 Å². The van der Waals surface area contributed by atoms with Crippen LogP contribution in [0.15, 0.2) is 42.5 Å². The number of halogens is 9. The van der Waals surface area contributed by atoms with Crippen molar-refractivity contribution in [2.75, 3.05) is 5.32 Å². The van der Waals surface area contributed by atoms with Crippen LogP contribution in [-0.2, 0) is 13.2 Å². The highest BCUT2D eigenvalue weighted by atomic mass is 35.5. The average Bonchev–Trinajstić information content (AvgIpc) is 3.39. The fourth-order valence-electron chi connectivity index (χ4n) is 4.80. The van der Waals surface area contributed by atoms with Gasteiger partial charge in [0.15, 0.2) is 6.10 Å². The van der Waals surface area contributed by atoms with Gasteiger partial charge in [-0.15, -0.1) is 0 Å². The quantitative estimate of drug-likeness (QED) is 0.237. The van der Waals surface area contributed by atoms with E-state index in [0.29, 0.717) is 16.8 Å². The predicted molar refractivity (Wildman–Crippen MR) is 132 cm³/mol. The van der Waals surface area contributed by atoms with Crippen LogP contribution in [0.1, 0.15) is 55.2 Å². The normalized spacial score (nSPS) is 16.0. The van der Waals surface area contributed by atoms with E-state index < -0.39 is 75.8 Å². The third kappa shape index (κ3) is 5.02. The summed E-state index contributed by atoms with van der Waals surface area (Å²) in [6.45, 7) is 0. The number of anilines is 1. The van der Waals surface area contributed by atoms with Crippen molar-refractivity contribution in [2.24, 2.45) is 7.05 Å². The molecule has 16 heteroatoms. The Morgan fingerprint density at radius 2 is 1.76 bits per heavy atom. The van der Waals surface area contributed by atoms with Crippen LogP contribution in [0.4, 0.5) is 40.8 Å². The van der Waals surface area contributed by atoms with Crippen molar-refractivity contribution in [2.45, 2.75) is 24.5 Å². The second kappa shape index (κ2) is 9.94. The van der Waals surface area contributed by atoms with E-state index in [9.17, 15) is 49.8 Å². The Labute approximate surface area is 234 Å². The minimum atomic E-state index is -5.18. The summed E-state index contributed by atoms with van der Waals surface area (Å²) in [4.78, 5) is 26.3. The molecule has 3 N–H and O–H groups in total. The number of nitrogens with zero attached hydrogens (tertiary/aromatic N) is 2. The van der Waals surface area contributed by atoms with Gasteiger partial charge in [-0.2, -0.15) is 31.4 Å². The molecule has 0 bridgehead atoms. The molecule has 2 amide bonds. The molecule has 2 heterocycles. The maximum absolute atomic E-state index is 14.2. The summed E-state index contributed by atoms with van der Waals surface area (Å²) in [6.07, 6.45) is -13.3. The molecule has 3 aromatic carbocycles. The molecule has 0 saturated carbocycles. The number of hydrogen-bond donors (Lipinski definition) is 3. The number of carbonyl (C=O) groups is 2. The first-order chi connectivity index (χ1) is 19.5. The smallest absolute Gasteiger partial charge is 0.378 e. The average molecular weight is 619 g/mol. The standard InChI is InChI=1S/C26H15ClF8N4O3/c1-39-21(22(40)26(33,34)35)14-8-16(36-23(41)9-4-10(25(30,31)32)6-12(29)5-9)17-18(20(14)38-39)24(42)37-19(17)13-7-11(28)2-3-15(13)27/h2-8,19,22,40H,1H3,(H,36,41)(H,37,42)/t19-,22+/m0/s1. The highest BCUT2D eigenvalue weighted by Crippen LogP contribution is 2.45. The van der Waals surface area contributed by atoms with E-state index in [2.05, 4.69) is 15.7 Å². The number of hydrogen-bond acceptors (Lipinski definition) is 4. The number of aliphatic hydroxyl groups is 1. The number of carbonyl (C=O) groups excluding carboxylic acids is 2. The summed E-state index contributed by atoms with van der Waals surface area (Å²) in [5.74, 6) is -4.43. The summed E-state index contributed by atoms with van der Waals surface area (Å²) in [7, 11) is 1.06. The molecule has 0 unspecified atom stereocenters. The van der Waals surface area contributed by atoms with Crippen molar-refractivity contribution in [3.63, 3.8) is 0 Å². The number of aromatic nitrogens is 2. The zero-order valence-corrected chi connectivity index (χ0v) is 21.5. The topological polar surface area (TPSA) is 96.2 Å². The number of rotatable bonds is 4. The Bertz CT molecular complexity index is 1780. The molecule has 5 rings (SSSR count). The van der Waals surface area contributed by atoms with Gasteiger partial charge in [0.2, 0.25) is 0 Å². The molecule has 42 heavy (non-hydrogen) atoms. The number of aryl methyl sites for hydroxylation is 1. The van der Waals surface area contributed by atoms with Crippen molar-refractivity contribution in [3.8, 4) is 0 Å². The zero-order valence-electron chi connectivity index (χ0n) is 20.8.